The van der Waals surface area contributed by atoms with Gasteiger partial charge in [-0.15, -0.1) is 0 Å². The molecule has 0 bridgehead atoms. The summed E-state index contributed by atoms with van der Waals surface area (Å²) >= 11 is 1.69. The molecule has 116 valence electrons. The zero-order chi connectivity index (χ0) is 15.1. The fraction of sp³-hybridized carbons (Fsp3) is 0.857. The summed E-state index contributed by atoms with van der Waals surface area (Å²) < 4.78 is 0. The van der Waals surface area contributed by atoms with E-state index >= 15 is 0 Å². The molecular formula is C14H26N2O3S. The molecule has 2 unspecified atom stereocenters. The third-order valence-corrected chi connectivity index (χ3v) is 4.66. The number of thioether (sulfide) groups is 1. The van der Waals surface area contributed by atoms with E-state index in [9.17, 15) is 9.59 Å². The SMILES string of the molecule is CSCC[C@@H](N)C(=O)N1CCCC(C(C)CC(=O)O)C1. The van der Waals surface area contributed by atoms with Crippen LogP contribution in [0.1, 0.15) is 32.6 Å². The molecule has 3 atom stereocenters. The van der Waals surface area contributed by atoms with Crippen LogP contribution in [0.5, 0.6) is 0 Å². The number of carbonyl (C=O) groups is 2. The van der Waals surface area contributed by atoms with Crippen molar-refractivity contribution in [3.63, 3.8) is 0 Å². The number of nitrogens with zero attached hydrogens (tertiary/aromatic N) is 1. The smallest absolute Gasteiger partial charge is 0.303 e. The van der Waals surface area contributed by atoms with Crippen molar-refractivity contribution in [3.05, 3.63) is 0 Å². The molecule has 0 aromatic rings. The maximum absolute atomic E-state index is 12.3. The highest BCUT2D eigenvalue weighted by atomic mass is 32.2. The monoisotopic (exact) mass is 302 g/mol. The normalized spacial score (nSPS) is 22.4. The third kappa shape index (κ3) is 5.32. The Morgan fingerprint density at radius 3 is 2.80 bits per heavy atom. The Morgan fingerprint density at radius 2 is 2.20 bits per heavy atom. The van der Waals surface area contributed by atoms with Crippen LogP contribution in [0.4, 0.5) is 0 Å². The van der Waals surface area contributed by atoms with Gasteiger partial charge in [0.1, 0.15) is 0 Å². The Bertz CT molecular complexity index is 338. The molecule has 1 fully saturated rings. The summed E-state index contributed by atoms with van der Waals surface area (Å²) in [4.78, 5) is 24.9. The first kappa shape index (κ1) is 17.3. The Labute approximate surface area is 125 Å². The lowest BCUT2D eigenvalue weighted by atomic mass is 9.84. The minimum Gasteiger partial charge on any atom is -0.481 e. The van der Waals surface area contributed by atoms with E-state index in [4.69, 9.17) is 10.8 Å². The van der Waals surface area contributed by atoms with Crippen molar-refractivity contribution in [2.75, 3.05) is 25.1 Å². The summed E-state index contributed by atoms with van der Waals surface area (Å²) in [5.41, 5.74) is 5.94. The summed E-state index contributed by atoms with van der Waals surface area (Å²) in [6.07, 6.45) is 4.81. The van der Waals surface area contributed by atoms with E-state index in [1.165, 1.54) is 0 Å². The predicted octanol–water partition coefficient (Wildman–Crippen LogP) is 1.42. The number of amides is 1. The average molecular weight is 302 g/mol. The first-order valence-corrected chi connectivity index (χ1v) is 8.60. The Kier molecular flexibility index (Phi) is 7.37. The highest BCUT2D eigenvalue weighted by molar-refractivity contribution is 7.98. The largest absolute Gasteiger partial charge is 0.481 e. The molecule has 6 heteroatoms. The molecule has 0 aromatic carbocycles. The van der Waals surface area contributed by atoms with Gasteiger partial charge < -0.3 is 15.7 Å². The van der Waals surface area contributed by atoms with Gasteiger partial charge >= 0.3 is 5.97 Å². The molecule has 0 saturated carbocycles. The Balaban J connectivity index is 2.51. The molecule has 1 heterocycles. The molecule has 0 radical (unpaired) electrons. The van der Waals surface area contributed by atoms with Gasteiger partial charge in [0.2, 0.25) is 5.91 Å². The van der Waals surface area contributed by atoms with Gasteiger partial charge in [-0.25, -0.2) is 0 Å². The van der Waals surface area contributed by atoms with Crippen LogP contribution >= 0.6 is 11.8 Å². The maximum atomic E-state index is 12.3. The van der Waals surface area contributed by atoms with Gasteiger partial charge in [0.15, 0.2) is 0 Å². The lowest BCUT2D eigenvalue weighted by Crippen LogP contribution is -2.49. The minimum atomic E-state index is -0.766. The molecular weight excluding hydrogens is 276 g/mol. The van der Waals surface area contributed by atoms with E-state index in [0.717, 1.165) is 25.1 Å². The minimum absolute atomic E-state index is 0.0197. The number of aliphatic carboxylic acids is 1. The number of likely N-dealkylation sites (tertiary alicyclic amines) is 1. The van der Waals surface area contributed by atoms with E-state index in [1.807, 2.05) is 18.1 Å². The fourth-order valence-electron chi connectivity index (χ4n) is 2.72. The van der Waals surface area contributed by atoms with Crippen LogP contribution in [0.25, 0.3) is 0 Å². The molecule has 20 heavy (non-hydrogen) atoms. The van der Waals surface area contributed by atoms with Gasteiger partial charge in [0.05, 0.1) is 6.04 Å². The number of nitrogens with two attached hydrogens (primary N) is 1. The summed E-state index contributed by atoms with van der Waals surface area (Å²) in [6, 6.07) is -0.420. The van der Waals surface area contributed by atoms with Crippen molar-refractivity contribution in [2.45, 2.75) is 38.6 Å². The quantitative estimate of drug-likeness (QED) is 0.743. The highest BCUT2D eigenvalue weighted by Crippen LogP contribution is 2.26. The number of hydrogen-bond donors (Lipinski definition) is 2. The molecule has 1 rings (SSSR count). The van der Waals surface area contributed by atoms with E-state index in [1.54, 1.807) is 11.8 Å². The molecule has 0 aromatic heterocycles. The van der Waals surface area contributed by atoms with Crippen LogP contribution < -0.4 is 5.73 Å². The fourth-order valence-corrected chi connectivity index (χ4v) is 3.21. The zero-order valence-electron chi connectivity index (χ0n) is 12.4. The van der Waals surface area contributed by atoms with Gasteiger partial charge in [-0.3, -0.25) is 9.59 Å². The summed E-state index contributed by atoms with van der Waals surface area (Å²) in [5.74, 6) is 0.519. The van der Waals surface area contributed by atoms with E-state index in [-0.39, 0.29) is 24.2 Å². The van der Waals surface area contributed by atoms with Crippen molar-refractivity contribution in [1.29, 1.82) is 0 Å². The molecule has 1 amide bonds. The summed E-state index contributed by atoms with van der Waals surface area (Å²) in [6.45, 7) is 3.36. The molecule has 3 N–H and O–H groups in total. The molecule has 0 aliphatic carbocycles. The third-order valence-electron chi connectivity index (χ3n) is 4.02. The molecule has 1 aliphatic rings. The Morgan fingerprint density at radius 1 is 1.50 bits per heavy atom. The van der Waals surface area contributed by atoms with Crippen molar-refractivity contribution in [3.8, 4) is 0 Å². The van der Waals surface area contributed by atoms with Crippen LogP contribution in [0.3, 0.4) is 0 Å². The van der Waals surface area contributed by atoms with E-state index in [2.05, 4.69) is 0 Å². The van der Waals surface area contributed by atoms with Gasteiger partial charge in [-0.05, 0) is 43.1 Å². The molecule has 1 saturated heterocycles. The molecule has 1 aliphatic heterocycles. The van der Waals surface area contributed by atoms with Gasteiger partial charge in [0, 0.05) is 19.5 Å². The number of carboxylic acids is 1. The first-order valence-electron chi connectivity index (χ1n) is 7.20. The van der Waals surface area contributed by atoms with Crippen LogP contribution in [-0.2, 0) is 9.59 Å². The first-order chi connectivity index (χ1) is 9.45. The van der Waals surface area contributed by atoms with Gasteiger partial charge in [0.25, 0.3) is 0 Å². The number of hydrogen-bond acceptors (Lipinski definition) is 4. The summed E-state index contributed by atoms with van der Waals surface area (Å²) in [7, 11) is 0. The molecule has 5 nitrogen and oxygen atoms in total. The maximum Gasteiger partial charge on any atom is 0.303 e. The number of rotatable bonds is 7. The van der Waals surface area contributed by atoms with Crippen molar-refractivity contribution in [2.24, 2.45) is 17.6 Å². The second kappa shape index (κ2) is 8.52. The van der Waals surface area contributed by atoms with Crippen molar-refractivity contribution < 1.29 is 14.7 Å². The molecule has 0 spiro atoms. The zero-order valence-corrected chi connectivity index (χ0v) is 13.2. The topological polar surface area (TPSA) is 83.6 Å². The van der Waals surface area contributed by atoms with Crippen LogP contribution in [0, 0.1) is 11.8 Å². The number of carboxylic acid groups (broad SMARTS) is 1. The van der Waals surface area contributed by atoms with Crippen LogP contribution in [0.15, 0.2) is 0 Å². The standard InChI is InChI=1S/C14H26N2O3S/c1-10(8-13(17)18)11-4-3-6-16(9-11)14(19)12(15)5-7-20-2/h10-12H,3-9,15H2,1-2H3,(H,17,18)/t10?,11?,12-/m1/s1. The highest BCUT2D eigenvalue weighted by Gasteiger charge is 2.30. The lowest BCUT2D eigenvalue weighted by Gasteiger charge is -2.36. The number of piperidine rings is 1. The second-order valence-electron chi connectivity index (χ2n) is 5.65. The second-order valence-corrected chi connectivity index (χ2v) is 6.64. The van der Waals surface area contributed by atoms with Gasteiger partial charge in [-0.1, -0.05) is 6.92 Å². The van der Waals surface area contributed by atoms with E-state index < -0.39 is 12.0 Å². The van der Waals surface area contributed by atoms with Gasteiger partial charge in [-0.2, -0.15) is 11.8 Å². The predicted molar refractivity (Wildman–Crippen MR) is 81.7 cm³/mol. The number of carbonyl (C=O) groups excluding carboxylic acids is 1. The van der Waals surface area contributed by atoms with Crippen molar-refractivity contribution in [1.82, 2.24) is 4.90 Å². The van der Waals surface area contributed by atoms with Crippen LogP contribution in [-0.4, -0.2) is 53.0 Å². The van der Waals surface area contributed by atoms with E-state index in [0.29, 0.717) is 13.0 Å². The summed E-state index contributed by atoms with van der Waals surface area (Å²) in [5, 5.41) is 8.87. The van der Waals surface area contributed by atoms with Crippen molar-refractivity contribution >= 4 is 23.6 Å². The lowest BCUT2D eigenvalue weighted by molar-refractivity contribution is -0.138. The van der Waals surface area contributed by atoms with Crippen LogP contribution in [0.2, 0.25) is 0 Å². The Hall–Kier alpha value is -0.750. The average Bonchev–Trinajstić information content (AvgIpc) is 2.43.